The van der Waals surface area contributed by atoms with Crippen LogP contribution in [0.5, 0.6) is 0 Å². The zero-order chi connectivity index (χ0) is 14.7. The van der Waals surface area contributed by atoms with E-state index in [1.54, 1.807) is 0 Å². The van der Waals surface area contributed by atoms with Crippen molar-refractivity contribution in [2.45, 2.75) is 0 Å². The third-order valence-electron chi connectivity index (χ3n) is 1.57. The Morgan fingerprint density at radius 1 is 1.11 bits per heavy atom. The van der Waals surface area contributed by atoms with Crippen molar-refractivity contribution in [1.82, 2.24) is 0 Å². The molecule has 0 heterocycles. The third kappa shape index (κ3) is 8.68. The summed E-state index contributed by atoms with van der Waals surface area (Å²) in [4.78, 5) is 34.3. The molecule has 0 aliphatic carbocycles. The van der Waals surface area contributed by atoms with E-state index in [1.807, 2.05) is 0 Å². The molecular formula is C12H12NiO6. The Kier molecular flexibility index (Phi) is 8.91. The normalized spacial score (nSPS) is 10.3. The molecule has 0 atom stereocenters. The zero-order valence-corrected chi connectivity index (χ0v) is 11.1. The molecule has 0 saturated carbocycles. The number of hydrogen-bond acceptors (Lipinski definition) is 6. The summed E-state index contributed by atoms with van der Waals surface area (Å²) in [5.74, 6) is -2.29. The smallest absolute Gasteiger partial charge is 0.466 e. The van der Waals surface area contributed by atoms with Gasteiger partial charge >= 0.3 is 100 Å². The SMILES string of the molecule is C=C(/C=C\[CH]=[Ni])C(=O)OCOC(=O)/C=C/C(=O)OC. The van der Waals surface area contributed by atoms with Crippen molar-refractivity contribution in [1.29, 1.82) is 0 Å². The van der Waals surface area contributed by atoms with E-state index < -0.39 is 24.7 Å². The number of carbonyl (C=O) groups is 3. The van der Waals surface area contributed by atoms with E-state index >= 15 is 0 Å². The number of carbonyl (C=O) groups excluding carboxylic acids is 3. The Balaban J connectivity index is 4.00. The van der Waals surface area contributed by atoms with Gasteiger partial charge < -0.3 is 4.74 Å². The van der Waals surface area contributed by atoms with Crippen LogP contribution in [0.25, 0.3) is 0 Å². The van der Waals surface area contributed by atoms with Gasteiger partial charge in [0.2, 0.25) is 0 Å². The molecule has 0 amide bonds. The van der Waals surface area contributed by atoms with Crippen molar-refractivity contribution in [2.24, 2.45) is 0 Å². The van der Waals surface area contributed by atoms with Gasteiger partial charge in [-0.2, -0.15) is 0 Å². The van der Waals surface area contributed by atoms with Gasteiger partial charge in [-0.1, -0.05) is 0 Å². The third-order valence-corrected chi connectivity index (χ3v) is 1.76. The minimum atomic E-state index is -0.847. The molecule has 0 rings (SSSR count). The molecule has 0 bridgehead atoms. The number of rotatable bonds is 7. The topological polar surface area (TPSA) is 78.9 Å². The summed E-state index contributed by atoms with van der Waals surface area (Å²) < 4.78 is 13.3. The zero-order valence-electron chi connectivity index (χ0n) is 10.1. The van der Waals surface area contributed by atoms with Crippen molar-refractivity contribution in [3.05, 3.63) is 36.5 Å². The molecular weight excluding hydrogens is 299 g/mol. The van der Waals surface area contributed by atoms with Crippen molar-refractivity contribution < 1.29 is 43.6 Å². The van der Waals surface area contributed by atoms with Gasteiger partial charge in [0.05, 0.1) is 7.11 Å². The van der Waals surface area contributed by atoms with Crippen molar-refractivity contribution in [2.75, 3.05) is 13.9 Å². The summed E-state index contributed by atoms with van der Waals surface area (Å²) in [6, 6.07) is 0. The van der Waals surface area contributed by atoms with Crippen molar-refractivity contribution in [3.8, 4) is 0 Å². The maximum atomic E-state index is 11.2. The van der Waals surface area contributed by atoms with Gasteiger partial charge in [0, 0.05) is 0 Å². The standard InChI is InChI=1S/C12H12O6.Ni/c1-4-5-9(2)12(15)18-8-17-11(14)7-6-10(13)16-3;/h1,4-7H,2,8H2,3H3;/b5-4-,7-6+;. The van der Waals surface area contributed by atoms with Crippen LogP contribution < -0.4 is 0 Å². The predicted octanol–water partition coefficient (Wildman–Crippen LogP) is 0.221. The first-order valence-electron chi connectivity index (χ1n) is 4.86. The predicted molar refractivity (Wildman–Crippen MR) is 62.6 cm³/mol. The molecule has 0 saturated heterocycles. The fraction of sp³-hybridized carbons (Fsp3) is 0.167. The molecule has 0 N–H and O–H groups in total. The van der Waals surface area contributed by atoms with E-state index in [1.165, 1.54) is 24.3 Å². The number of esters is 3. The first-order valence-corrected chi connectivity index (χ1v) is 5.43. The Bertz CT molecular complexity index is 436. The monoisotopic (exact) mass is 310 g/mol. The summed E-state index contributed by atoms with van der Waals surface area (Å²) in [5.41, 5.74) is 0.0643. The summed E-state index contributed by atoms with van der Waals surface area (Å²) in [7, 11) is 1.17. The Labute approximate surface area is 117 Å². The van der Waals surface area contributed by atoms with Crippen LogP contribution in [0.3, 0.4) is 0 Å². The summed E-state index contributed by atoms with van der Waals surface area (Å²) in [6.07, 6.45) is 4.55. The molecule has 7 heteroatoms. The van der Waals surface area contributed by atoms with Crippen LogP contribution in [0.15, 0.2) is 36.5 Å². The fourth-order valence-corrected chi connectivity index (χ4v) is 0.796. The van der Waals surface area contributed by atoms with Crippen LogP contribution in [-0.2, 0) is 43.6 Å². The van der Waals surface area contributed by atoms with E-state index in [0.717, 1.165) is 12.2 Å². The quantitative estimate of drug-likeness (QED) is 0.220. The number of methoxy groups -OCH3 is 1. The van der Waals surface area contributed by atoms with Gasteiger partial charge in [0.1, 0.15) is 0 Å². The Hall–Kier alpha value is -2.01. The van der Waals surface area contributed by atoms with E-state index in [9.17, 15) is 14.4 Å². The average Bonchev–Trinajstić information content (AvgIpc) is 2.41. The second-order valence-electron chi connectivity index (χ2n) is 2.86. The molecule has 0 aromatic carbocycles. The molecule has 19 heavy (non-hydrogen) atoms. The maximum absolute atomic E-state index is 11.2. The van der Waals surface area contributed by atoms with Gasteiger partial charge in [-0.25, -0.2) is 4.79 Å². The van der Waals surface area contributed by atoms with Crippen LogP contribution in [0.2, 0.25) is 0 Å². The molecule has 0 aliphatic rings. The van der Waals surface area contributed by atoms with Gasteiger partial charge in [-0.05, 0) is 0 Å². The first kappa shape index (κ1) is 17.0. The van der Waals surface area contributed by atoms with Crippen LogP contribution in [0, 0.1) is 0 Å². The van der Waals surface area contributed by atoms with Crippen molar-refractivity contribution >= 4 is 22.9 Å². The number of ether oxygens (including phenoxy) is 3. The van der Waals surface area contributed by atoms with Gasteiger partial charge in [-0.3, -0.25) is 0 Å². The molecule has 0 aromatic rings. The van der Waals surface area contributed by atoms with Gasteiger partial charge in [0.15, 0.2) is 0 Å². The fourth-order valence-electron chi connectivity index (χ4n) is 0.701. The molecule has 0 unspecified atom stereocenters. The summed E-state index contributed by atoms with van der Waals surface area (Å²) >= 11 is 4.25. The van der Waals surface area contributed by atoms with E-state index in [-0.39, 0.29) is 5.57 Å². The van der Waals surface area contributed by atoms with Gasteiger partial charge in [0.25, 0.3) is 0 Å². The van der Waals surface area contributed by atoms with E-state index in [0.29, 0.717) is 0 Å². The molecule has 106 valence electrons. The van der Waals surface area contributed by atoms with Crippen LogP contribution in [0.1, 0.15) is 0 Å². The number of allylic oxidation sites excluding steroid dienone is 1. The van der Waals surface area contributed by atoms with Crippen LogP contribution in [0.4, 0.5) is 0 Å². The van der Waals surface area contributed by atoms with Crippen LogP contribution >= 0.6 is 0 Å². The van der Waals surface area contributed by atoms with Crippen LogP contribution in [-0.4, -0.2) is 36.8 Å². The van der Waals surface area contributed by atoms with Gasteiger partial charge in [-0.15, -0.1) is 0 Å². The van der Waals surface area contributed by atoms with E-state index in [4.69, 9.17) is 0 Å². The number of hydrogen-bond donors (Lipinski definition) is 0. The first-order chi connectivity index (χ1) is 9.01. The summed E-state index contributed by atoms with van der Waals surface area (Å²) in [5, 5.41) is 0. The molecule has 6 nitrogen and oxygen atoms in total. The summed E-state index contributed by atoms with van der Waals surface area (Å²) in [6.45, 7) is 2.83. The Morgan fingerprint density at radius 3 is 2.32 bits per heavy atom. The molecule has 0 spiro atoms. The second kappa shape index (κ2) is 9.97. The molecule has 0 aromatic heterocycles. The Morgan fingerprint density at radius 2 is 1.74 bits per heavy atom. The molecule has 0 aliphatic heterocycles. The van der Waals surface area contributed by atoms with E-state index in [2.05, 4.69) is 35.8 Å². The average molecular weight is 311 g/mol. The second-order valence-corrected chi connectivity index (χ2v) is 3.19. The minimum absolute atomic E-state index is 0.0643. The minimum Gasteiger partial charge on any atom is -0.466 e. The van der Waals surface area contributed by atoms with Crippen molar-refractivity contribution in [3.63, 3.8) is 0 Å². The molecule has 0 radical (unpaired) electrons. The molecule has 0 fully saturated rings.